The Morgan fingerprint density at radius 2 is 1.80 bits per heavy atom. The van der Waals surface area contributed by atoms with Crippen molar-refractivity contribution in [1.29, 1.82) is 0 Å². The van der Waals surface area contributed by atoms with E-state index in [1.807, 2.05) is 38.1 Å². The lowest BCUT2D eigenvalue weighted by atomic mass is 9.82. The Morgan fingerprint density at radius 3 is 2.40 bits per heavy atom. The third-order valence-corrected chi connectivity index (χ3v) is 7.28. The van der Waals surface area contributed by atoms with Crippen LogP contribution in [0.3, 0.4) is 0 Å². The molecule has 40 heavy (non-hydrogen) atoms. The Hall–Kier alpha value is -3.62. The van der Waals surface area contributed by atoms with E-state index in [0.29, 0.717) is 31.5 Å². The first-order valence-electron chi connectivity index (χ1n) is 13.7. The number of alkyl halides is 3. The van der Waals surface area contributed by atoms with Crippen LogP contribution in [0.2, 0.25) is 0 Å². The summed E-state index contributed by atoms with van der Waals surface area (Å²) in [6.07, 6.45) is -0.0847. The number of hydrogen-bond acceptors (Lipinski definition) is 3. The summed E-state index contributed by atoms with van der Waals surface area (Å²) < 4.78 is 38.8. The molecule has 216 valence electrons. The van der Waals surface area contributed by atoms with Gasteiger partial charge >= 0.3 is 6.18 Å². The lowest BCUT2D eigenvalue weighted by molar-refractivity contribution is -0.139. The molecule has 9 heteroatoms. The highest BCUT2D eigenvalue weighted by molar-refractivity contribution is 5.91. The van der Waals surface area contributed by atoms with Gasteiger partial charge in [0, 0.05) is 13.1 Å². The van der Waals surface area contributed by atoms with E-state index >= 15 is 0 Å². The largest absolute Gasteiger partial charge is 0.416 e. The second-order valence-electron chi connectivity index (χ2n) is 10.9. The molecule has 0 saturated carbocycles. The number of benzene rings is 2. The number of amides is 3. The van der Waals surface area contributed by atoms with Crippen LogP contribution in [0.4, 0.5) is 13.2 Å². The van der Waals surface area contributed by atoms with Crippen molar-refractivity contribution in [3.63, 3.8) is 0 Å². The van der Waals surface area contributed by atoms with Crippen LogP contribution in [0.15, 0.2) is 61.2 Å². The zero-order valence-electron chi connectivity index (χ0n) is 23.0. The van der Waals surface area contributed by atoms with Gasteiger partial charge in [0.1, 0.15) is 6.04 Å². The van der Waals surface area contributed by atoms with E-state index in [4.69, 9.17) is 5.73 Å². The first kappa shape index (κ1) is 30.9. The van der Waals surface area contributed by atoms with Crippen molar-refractivity contribution >= 4 is 17.7 Å². The van der Waals surface area contributed by atoms with Gasteiger partial charge in [-0.15, -0.1) is 6.58 Å². The van der Waals surface area contributed by atoms with Gasteiger partial charge in [0.2, 0.25) is 17.7 Å². The molecule has 0 unspecified atom stereocenters. The zero-order valence-corrected chi connectivity index (χ0v) is 23.0. The maximum Gasteiger partial charge on any atom is 0.416 e. The summed E-state index contributed by atoms with van der Waals surface area (Å²) in [6.45, 7) is 8.43. The number of allylic oxidation sites excluding steroid dienone is 1. The molecule has 0 radical (unpaired) electrons. The minimum Gasteiger partial charge on any atom is -0.369 e. The van der Waals surface area contributed by atoms with Crippen LogP contribution in [-0.2, 0) is 27.1 Å². The Labute approximate surface area is 233 Å². The van der Waals surface area contributed by atoms with Crippen LogP contribution in [0.1, 0.15) is 57.1 Å². The number of likely N-dealkylation sites (tertiary alicyclic amines) is 1. The summed E-state index contributed by atoms with van der Waals surface area (Å²) >= 11 is 0. The monoisotopic (exact) mass is 557 g/mol. The molecule has 3 N–H and O–H groups in total. The molecule has 0 aliphatic carbocycles. The minimum atomic E-state index is -4.40. The van der Waals surface area contributed by atoms with E-state index in [-0.39, 0.29) is 24.2 Å². The van der Waals surface area contributed by atoms with Crippen LogP contribution < -0.4 is 11.1 Å². The van der Waals surface area contributed by atoms with Crippen LogP contribution in [0.25, 0.3) is 11.1 Å². The molecule has 0 bridgehead atoms. The molecule has 2 aromatic carbocycles. The summed E-state index contributed by atoms with van der Waals surface area (Å²) in [5, 5.41) is 2.91. The van der Waals surface area contributed by atoms with Crippen molar-refractivity contribution in [2.45, 2.75) is 64.7 Å². The number of nitrogens with zero attached hydrogens (tertiary/aromatic N) is 1. The van der Waals surface area contributed by atoms with Crippen molar-refractivity contribution in [2.24, 2.45) is 23.5 Å². The van der Waals surface area contributed by atoms with E-state index in [0.717, 1.165) is 36.1 Å². The number of primary amides is 1. The molecule has 3 amide bonds. The highest BCUT2D eigenvalue weighted by Crippen LogP contribution is 2.31. The molecular formula is C31H38F3N3O3. The van der Waals surface area contributed by atoms with Crippen molar-refractivity contribution in [3.8, 4) is 11.1 Å². The van der Waals surface area contributed by atoms with Crippen molar-refractivity contribution in [1.82, 2.24) is 10.2 Å². The number of carbonyl (C=O) groups is 3. The van der Waals surface area contributed by atoms with Crippen LogP contribution in [0, 0.1) is 17.8 Å². The Bertz CT molecular complexity index is 1190. The topological polar surface area (TPSA) is 92.5 Å². The molecule has 1 saturated heterocycles. The normalized spacial score (nSPS) is 17.7. The Kier molecular flexibility index (Phi) is 10.5. The van der Waals surface area contributed by atoms with Gasteiger partial charge in [-0.1, -0.05) is 50.3 Å². The van der Waals surface area contributed by atoms with Gasteiger partial charge in [-0.2, -0.15) is 13.2 Å². The number of nitrogens with one attached hydrogen (secondary N) is 1. The second-order valence-corrected chi connectivity index (χ2v) is 10.9. The molecular weight excluding hydrogens is 519 g/mol. The quantitative estimate of drug-likeness (QED) is 0.347. The van der Waals surface area contributed by atoms with Crippen LogP contribution in [0.5, 0.6) is 0 Å². The van der Waals surface area contributed by atoms with Gasteiger partial charge in [-0.25, -0.2) is 0 Å². The molecule has 0 spiro atoms. The molecule has 1 fully saturated rings. The number of halogens is 3. The van der Waals surface area contributed by atoms with Crippen molar-refractivity contribution in [3.05, 3.63) is 72.3 Å². The highest BCUT2D eigenvalue weighted by atomic mass is 19.4. The third kappa shape index (κ3) is 8.19. The van der Waals surface area contributed by atoms with Gasteiger partial charge in [0.15, 0.2) is 0 Å². The number of hydrogen-bond donors (Lipinski definition) is 2. The van der Waals surface area contributed by atoms with Crippen molar-refractivity contribution in [2.75, 3.05) is 6.54 Å². The third-order valence-electron chi connectivity index (χ3n) is 7.28. The predicted molar refractivity (Wildman–Crippen MR) is 149 cm³/mol. The molecule has 3 rings (SSSR count). The van der Waals surface area contributed by atoms with Crippen molar-refractivity contribution < 1.29 is 27.6 Å². The molecule has 0 aromatic heterocycles. The number of rotatable bonds is 11. The molecule has 3 atom stereocenters. The Balaban J connectivity index is 1.75. The summed E-state index contributed by atoms with van der Waals surface area (Å²) in [7, 11) is 0. The highest BCUT2D eigenvalue weighted by Gasteiger charge is 2.36. The van der Waals surface area contributed by atoms with E-state index in [2.05, 4.69) is 11.9 Å². The van der Waals surface area contributed by atoms with E-state index in [1.165, 1.54) is 12.1 Å². The zero-order chi connectivity index (χ0) is 29.4. The first-order valence-corrected chi connectivity index (χ1v) is 13.7. The molecule has 1 aliphatic rings. The van der Waals surface area contributed by atoms with Gasteiger partial charge in [0.25, 0.3) is 0 Å². The van der Waals surface area contributed by atoms with E-state index in [9.17, 15) is 27.6 Å². The summed E-state index contributed by atoms with van der Waals surface area (Å²) in [4.78, 5) is 40.8. The Morgan fingerprint density at radius 1 is 1.10 bits per heavy atom. The predicted octanol–water partition coefficient (Wildman–Crippen LogP) is 5.71. The summed E-state index contributed by atoms with van der Waals surface area (Å²) in [6, 6.07) is 11.6. The summed E-state index contributed by atoms with van der Waals surface area (Å²) in [5.74, 6) is -2.36. The fourth-order valence-electron chi connectivity index (χ4n) is 5.22. The smallest absolute Gasteiger partial charge is 0.369 e. The van der Waals surface area contributed by atoms with Crippen LogP contribution >= 0.6 is 0 Å². The SMILES string of the molecule is C=CC[C@H](C(N)=O)[C@@H](CC(C)C)C(=O)N[C@H]1CCCCN(Cc2cccc(-c3ccc(C(F)(F)F)cc3)c2)C1=O. The first-order chi connectivity index (χ1) is 18.9. The standard InChI is InChI=1S/C31H38F3N3O3/c1-4-8-25(28(35)38)26(17-20(2)3)29(39)36-27-11-5-6-16-37(30(27)40)19-21-9-7-10-23(18-21)22-12-14-24(15-13-22)31(32,33)34/h4,7,9-10,12-15,18,20,25-27H,1,5-6,8,11,16-17,19H2,2-3H3,(H2,35,38)(H,36,39)/t25-,26+,27-/m0/s1. The maximum absolute atomic E-state index is 13.5. The van der Waals surface area contributed by atoms with Gasteiger partial charge in [-0.3, -0.25) is 14.4 Å². The summed E-state index contributed by atoms with van der Waals surface area (Å²) in [5.41, 5.74) is 7.12. The minimum absolute atomic E-state index is 0.140. The molecule has 1 heterocycles. The van der Waals surface area contributed by atoms with E-state index < -0.39 is 35.5 Å². The lowest BCUT2D eigenvalue weighted by Gasteiger charge is -2.29. The fraction of sp³-hybridized carbons (Fsp3) is 0.452. The van der Waals surface area contributed by atoms with Gasteiger partial charge in [0.05, 0.1) is 17.4 Å². The number of carbonyl (C=O) groups excluding carboxylic acids is 3. The molecule has 1 aliphatic heterocycles. The fourth-order valence-corrected chi connectivity index (χ4v) is 5.22. The van der Waals surface area contributed by atoms with Gasteiger partial charge < -0.3 is 16.0 Å². The average molecular weight is 558 g/mol. The number of nitrogens with two attached hydrogens (primary N) is 1. The molecule has 2 aromatic rings. The van der Waals surface area contributed by atoms with Crippen LogP contribution in [-0.4, -0.2) is 35.2 Å². The second kappa shape index (κ2) is 13.6. The lowest BCUT2D eigenvalue weighted by Crippen LogP contribution is -2.50. The van der Waals surface area contributed by atoms with E-state index in [1.54, 1.807) is 11.0 Å². The maximum atomic E-state index is 13.5. The van der Waals surface area contributed by atoms with Gasteiger partial charge in [-0.05, 0) is 72.9 Å². The molecule has 6 nitrogen and oxygen atoms in total. The average Bonchev–Trinajstić information content (AvgIpc) is 3.06.